The van der Waals surface area contributed by atoms with Crippen molar-refractivity contribution in [3.8, 4) is 5.75 Å². The third-order valence-electron chi connectivity index (χ3n) is 7.76. The first-order chi connectivity index (χ1) is 15.6. The highest BCUT2D eigenvalue weighted by atomic mass is 19.1. The Morgan fingerprint density at radius 3 is 1.88 bits per heavy atom. The summed E-state index contributed by atoms with van der Waals surface area (Å²) in [7, 11) is 0. The molecule has 0 aromatic heterocycles. The van der Waals surface area contributed by atoms with Crippen LogP contribution in [0.4, 0.5) is 8.78 Å². The third-order valence-corrected chi connectivity index (χ3v) is 7.76. The van der Waals surface area contributed by atoms with Crippen LogP contribution >= 0.6 is 0 Å². The van der Waals surface area contributed by atoms with E-state index in [1.165, 1.54) is 63.5 Å². The molecule has 1 aromatic rings. The van der Waals surface area contributed by atoms with E-state index in [1.807, 2.05) is 13.8 Å². The predicted octanol–water partition coefficient (Wildman–Crippen LogP) is 10.3. The zero-order valence-corrected chi connectivity index (χ0v) is 21.2. The molecule has 0 heterocycles. The second-order valence-electron chi connectivity index (χ2n) is 9.90. The van der Waals surface area contributed by atoms with Gasteiger partial charge in [0.05, 0.1) is 6.61 Å². The summed E-state index contributed by atoms with van der Waals surface area (Å²) in [5.74, 6) is 1.71. The van der Waals surface area contributed by atoms with Crippen molar-refractivity contribution in [2.24, 2.45) is 17.8 Å². The van der Waals surface area contributed by atoms with Crippen LogP contribution in [0, 0.1) is 29.4 Å². The van der Waals surface area contributed by atoms with Crippen LogP contribution in [-0.2, 0) is 0 Å². The van der Waals surface area contributed by atoms with Crippen LogP contribution < -0.4 is 4.74 Å². The number of hydrogen-bond acceptors (Lipinski definition) is 1. The Labute approximate surface area is 199 Å². The molecular formula is C29H52F2O. The van der Waals surface area contributed by atoms with Crippen molar-refractivity contribution >= 4 is 0 Å². The monoisotopic (exact) mass is 454 g/mol. The first-order valence-electron chi connectivity index (χ1n) is 13.7. The zero-order chi connectivity index (χ0) is 23.3. The third kappa shape index (κ3) is 8.03. The topological polar surface area (TPSA) is 9.23 Å². The average molecular weight is 455 g/mol. The molecule has 1 aromatic carbocycles. The maximum absolute atomic E-state index is 14.5. The second-order valence-corrected chi connectivity index (χ2v) is 9.90. The van der Waals surface area contributed by atoms with Crippen molar-refractivity contribution in [1.29, 1.82) is 0 Å². The van der Waals surface area contributed by atoms with Gasteiger partial charge in [0.1, 0.15) is 0 Å². The Balaban J connectivity index is 0.00000265. The number of rotatable bonds is 10. The molecule has 0 saturated heterocycles. The molecule has 0 atom stereocenters. The van der Waals surface area contributed by atoms with Crippen molar-refractivity contribution < 1.29 is 16.4 Å². The molecule has 0 bridgehead atoms. The van der Waals surface area contributed by atoms with Gasteiger partial charge in [0.25, 0.3) is 0 Å². The van der Waals surface area contributed by atoms with Crippen molar-refractivity contribution in [3.63, 3.8) is 0 Å². The molecule has 2 aliphatic rings. The number of hydrogen-bond donors (Lipinski definition) is 0. The number of halogens is 2. The fourth-order valence-electron chi connectivity index (χ4n) is 5.94. The summed E-state index contributed by atoms with van der Waals surface area (Å²) in [6, 6.07) is 3.07. The fraction of sp³-hybridized carbons (Fsp3) is 0.793. The lowest BCUT2D eigenvalue weighted by Gasteiger charge is -2.38. The quantitative estimate of drug-likeness (QED) is 0.319. The molecule has 0 amide bonds. The van der Waals surface area contributed by atoms with Crippen LogP contribution in [0.15, 0.2) is 12.1 Å². The Morgan fingerprint density at radius 1 is 0.781 bits per heavy atom. The highest BCUT2D eigenvalue weighted by Gasteiger charge is 2.31. The Morgan fingerprint density at radius 2 is 1.34 bits per heavy atom. The molecule has 0 N–H and O–H groups in total. The minimum atomic E-state index is -0.531. The van der Waals surface area contributed by atoms with E-state index in [1.54, 1.807) is 0 Å². The molecule has 2 saturated carbocycles. The Hall–Kier alpha value is -1.12. The SMILES string of the molecule is CC.CCCCCCOc1c(F)cc(C2CCC(C3CCC(CCC)CC3)CC2)cc1F.[HH].[HH]. The van der Waals surface area contributed by atoms with Crippen LogP contribution in [0.3, 0.4) is 0 Å². The Bertz CT molecular complexity index is 616. The minimum absolute atomic E-state index is 0. The van der Waals surface area contributed by atoms with Crippen LogP contribution in [0.25, 0.3) is 0 Å². The summed E-state index contributed by atoms with van der Waals surface area (Å²) in [6.07, 6.45) is 17.1. The number of benzene rings is 1. The molecule has 3 rings (SSSR count). The largest absolute Gasteiger partial charge is 0.488 e. The van der Waals surface area contributed by atoms with E-state index in [4.69, 9.17) is 4.74 Å². The normalized spacial score (nSPS) is 25.7. The van der Waals surface area contributed by atoms with Crippen molar-refractivity contribution in [1.82, 2.24) is 0 Å². The smallest absolute Gasteiger partial charge is 0.190 e. The van der Waals surface area contributed by atoms with Crippen LogP contribution in [-0.4, -0.2) is 6.61 Å². The lowest BCUT2D eigenvalue weighted by molar-refractivity contribution is 0.156. The van der Waals surface area contributed by atoms with Crippen molar-refractivity contribution in [2.45, 2.75) is 124 Å². The van der Waals surface area contributed by atoms with E-state index in [9.17, 15) is 8.78 Å². The summed E-state index contributed by atoms with van der Waals surface area (Å²) in [6.45, 7) is 8.83. The number of unbranched alkanes of at least 4 members (excludes halogenated alkanes) is 3. The van der Waals surface area contributed by atoms with Crippen LogP contribution in [0.1, 0.15) is 132 Å². The molecule has 0 spiro atoms. The molecule has 0 radical (unpaired) electrons. The zero-order valence-electron chi connectivity index (χ0n) is 21.2. The summed E-state index contributed by atoms with van der Waals surface area (Å²) >= 11 is 0. The summed E-state index contributed by atoms with van der Waals surface area (Å²) < 4.78 is 34.5. The maximum Gasteiger partial charge on any atom is 0.190 e. The van der Waals surface area contributed by atoms with Gasteiger partial charge in [-0.2, -0.15) is 0 Å². The molecule has 32 heavy (non-hydrogen) atoms. The average Bonchev–Trinajstić information content (AvgIpc) is 2.82. The molecule has 2 aliphatic carbocycles. The van der Waals surface area contributed by atoms with Gasteiger partial charge in [0.15, 0.2) is 17.4 Å². The van der Waals surface area contributed by atoms with Gasteiger partial charge in [0.2, 0.25) is 0 Å². The van der Waals surface area contributed by atoms with Crippen molar-refractivity contribution in [3.05, 3.63) is 29.3 Å². The van der Waals surface area contributed by atoms with Crippen LogP contribution in [0.5, 0.6) is 5.75 Å². The second kappa shape index (κ2) is 14.9. The molecule has 3 heteroatoms. The first kappa shape index (κ1) is 27.1. The van der Waals surface area contributed by atoms with Gasteiger partial charge in [-0.15, -0.1) is 0 Å². The summed E-state index contributed by atoms with van der Waals surface area (Å²) in [4.78, 5) is 0. The highest BCUT2D eigenvalue weighted by molar-refractivity contribution is 5.33. The standard InChI is InChI=1S/C27H42F2O.C2H6.2H2/c1-3-5-6-7-17-30-27-25(28)18-24(19-26(27)29)23-15-13-22(14-16-23)21-11-9-20(8-4-2)10-12-21;1-2;;/h18-23H,3-17H2,1-2H3;1-2H3;2*1H. The van der Waals surface area contributed by atoms with E-state index in [-0.39, 0.29) is 8.60 Å². The van der Waals surface area contributed by atoms with Gasteiger partial charge in [-0.1, -0.05) is 72.6 Å². The van der Waals surface area contributed by atoms with Gasteiger partial charge in [0, 0.05) is 2.85 Å². The Kier molecular flexibility index (Phi) is 12.6. The van der Waals surface area contributed by atoms with E-state index in [2.05, 4.69) is 13.8 Å². The minimum Gasteiger partial charge on any atom is -0.488 e. The lowest BCUT2D eigenvalue weighted by Crippen LogP contribution is -2.25. The molecular weight excluding hydrogens is 402 g/mol. The lowest BCUT2D eigenvalue weighted by atomic mass is 9.68. The highest BCUT2D eigenvalue weighted by Crippen LogP contribution is 2.45. The van der Waals surface area contributed by atoms with Gasteiger partial charge >= 0.3 is 0 Å². The maximum atomic E-state index is 14.5. The first-order valence-corrected chi connectivity index (χ1v) is 13.7. The molecule has 1 nitrogen and oxygen atoms in total. The molecule has 2 fully saturated rings. The van der Waals surface area contributed by atoms with Gasteiger partial charge in [-0.3, -0.25) is 0 Å². The fourth-order valence-corrected chi connectivity index (χ4v) is 5.94. The molecule has 0 unspecified atom stereocenters. The van der Waals surface area contributed by atoms with E-state index in [0.717, 1.165) is 61.8 Å². The molecule has 188 valence electrons. The van der Waals surface area contributed by atoms with Gasteiger partial charge in [-0.25, -0.2) is 8.78 Å². The number of ether oxygens (including phenoxy) is 1. The van der Waals surface area contributed by atoms with Gasteiger partial charge < -0.3 is 4.74 Å². The summed E-state index contributed by atoms with van der Waals surface area (Å²) in [5.41, 5.74) is 0.827. The predicted molar refractivity (Wildman–Crippen MR) is 137 cm³/mol. The van der Waals surface area contributed by atoms with E-state index in [0.29, 0.717) is 12.5 Å². The molecule has 0 aliphatic heterocycles. The van der Waals surface area contributed by atoms with Gasteiger partial charge in [-0.05, 0) is 86.3 Å². The van der Waals surface area contributed by atoms with Crippen LogP contribution in [0.2, 0.25) is 0 Å². The van der Waals surface area contributed by atoms with E-state index >= 15 is 0 Å². The van der Waals surface area contributed by atoms with E-state index < -0.39 is 11.6 Å². The summed E-state index contributed by atoms with van der Waals surface area (Å²) in [5, 5.41) is 0. The van der Waals surface area contributed by atoms with Crippen molar-refractivity contribution in [2.75, 3.05) is 6.61 Å².